The molecule has 1 aliphatic heterocycles. The monoisotopic (exact) mass is 321 g/mol. The summed E-state index contributed by atoms with van der Waals surface area (Å²) in [5.41, 5.74) is 1.42. The molecule has 0 unspecified atom stereocenters. The van der Waals surface area contributed by atoms with E-state index in [1.807, 2.05) is 12.1 Å². The molecule has 4 nitrogen and oxygen atoms in total. The van der Waals surface area contributed by atoms with Gasteiger partial charge in [-0.05, 0) is 37.0 Å². The predicted molar refractivity (Wildman–Crippen MR) is 93.1 cm³/mol. The van der Waals surface area contributed by atoms with E-state index < -0.39 is 6.10 Å². The van der Waals surface area contributed by atoms with Crippen molar-refractivity contribution in [2.75, 3.05) is 26.2 Å². The van der Waals surface area contributed by atoms with E-state index in [1.165, 1.54) is 5.56 Å². The smallest absolute Gasteiger partial charge is 0.119 e. The summed E-state index contributed by atoms with van der Waals surface area (Å²) in [5, 5.41) is 10.2. The van der Waals surface area contributed by atoms with Gasteiger partial charge < -0.3 is 14.6 Å². The standard InChI is InChI=1S/C19H31NO3/c1-14-10-20(11-15(2)23-14)12-17(21)13-22-18-8-6-16(7-9-18)19(3,4)5/h6-9,14-15,17,21H,10-13H2,1-5H3/t14-,15-,17-/m1/s1. The number of hydrogen-bond acceptors (Lipinski definition) is 4. The molecule has 1 aliphatic rings. The highest BCUT2D eigenvalue weighted by Gasteiger charge is 2.24. The zero-order valence-corrected chi connectivity index (χ0v) is 15.1. The van der Waals surface area contributed by atoms with Crippen LogP contribution in [0.15, 0.2) is 24.3 Å². The van der Waals surface area contributed by atoms with Gasteiger partial charge in [-0.25, -0.2) is 0 Å². The van der Waals surface area contributed by atoms with Gasteiger partial charge in [-0.3, -0.25) is 4.90 Å². The van der Waals surface area contributed by atoms with Gasteiger partial charge in [-0.1, -0.05) is 32.9 Å². The van der Waals surface area contributed by atoms with Gasteiger partial charge in [0.2, 0.25) is 0 Å². The topological polar surface area (TPSA) is 41.9 Å². The molecule has 1 heterocycles. The van der Waals surface area contributed by atoms with E-state index in [2.05, 4.69) is 51.7 Å². The summed E-state index contributed by atoms with van der Waals surface area (Å²) < 4.78 is 11.4. The van der Waals surface area contributed by atoms with E-state index in [9.17, 15) is 5.11 Å². The lowest BCUT2D eigenvalue weighted by Gasteiger charge is -2.36. The number of rotatable bonds is 5. The van der Waals surface area contributed by atoms with Crippen LogP contribution in [0.4, 0.5) is 0 Å². The molecule has 2 rings (SSSR count). The SMILES string of the molecule is C[C@@H]1CN(C[C@@H](O)COc2ccc(C(C)(C)C)cc2)C[C@@H](C)O1. The number of ether oxygens (including phenoxy) is 2. The van der Waals surface area contributed by atoms with Crippen molar-refractivity contribution in [2.45, 2.75) is 58.3 Å². The minimum atomic E-state index is -0.491. The lowest BCUT2D eigenvalue weighted by molar-refractivity contribution is -0.0786. The zero-order valence-electron chi connectivity index (χ0n) is 15.1. The Bertz CT molecular complexity index is 470. The molecule has 1 saturated heterocycles. The van der Waals surface area contributed by atoms with Crippen LogP contribution in [0, 0.1) is 0 Å². The third-order valence-corrected chi connectivity index (χ3v) is 4.13. The van der Waals surface area contributed by atoms with Crippen molar-refractivity contribution in [3.8, 4) is 5.75 Å². The molecule has 1 fully saturated rings. The Kier molecular flexibility index (Phi) is 6.06. The van der Waals surface area contributed by atoms with E-state index in [0.717, 1.165) is 18.8 Å². The number of aliphatic hydroxyl groups is 1. The fourth-order valence-corrected chi connectivity index (χ4v) is 3.03. The van der Waals surface area contributed by atoms with Crippen molar-refractivity contribution in [3.63, 3.8) is 0 Å². The Hall–Kier alpha value is -1.10. The molecule has 0 saturated carbocycles. The Balaban J connectivity index is 1.79. The van der Waals surface area contributed by atoms with Crippen LogP contribution in [0.1, 0.15) is 40.2 Å². The van der Waals surface area contributed by atoms with Gasteiger partial charge >= 0.3 is 0 Å². The quantitative estimate of drug-likeness (QED) is 0.905. The second kappa shape index (κ2) is 7.65. The molecular weight excluding hydrogens is 290 g/mol. The highest BCUT2D eigenvalue weighted by atomic mass is 16.5. The molecule has 1 aromatic rings. The first-order valence-electron chi connectivity index (χ1n) is 8.53. The van der Waals surface area contributed by atoms with Crippen molar-refractivity contribution in [2.24, 2.45) is 0 Å². The fourth-order valence-electron chi connectivity index (χ4n) is 3.03. The van der Waals surface area contributed by atoms with E-state index >= 15 is 0 Å². The highest BCUT2D eigenvalue weighted by molar-refractivity contribution is 5.31. The normalized spacial score (nSPS) is 24.4. The molecule has 1 aromatic carbocycles. The van der Waals surface area contributed by atoms with Crippen LogP contribution in [0.2, 0.25) is 0 Å². The van der Waals surface area contributed by atoms with E-state index in [0.29, 0.717) is 13.2 Å². The summed E-state index contributed by atoms with van der Waals surface area (Å²) in [6.07, 6.45) is -0.0524. The van der Waals surface area contributed by atoms with Crippen molar-refractivity contribution >= 4 is 0 Å². The third kappa shape index (κ3) is 5.79. The number of hydrogen-bond donors (Lipinski definition) is 1. The summed E-state index contributed by atoms with van der Waals surface area (Å²) in [7, 11) is 0. The number of nitrogens with zero attached hydrogens (tertiary/aromatic N) is 1. The van der Waals surface area contributed by atoms with Crippen molar-refractivity contribution in [3.05, 3.63) is 29.8 Å². The largest absolute Gasteiger partial charge is 0.491 e. The molecule has 0 aromatic heterocycles. The van der Waals surface area contributed by atoms with Gasteiger partial charge in [0, 0.05) is 19.6 Å². The van der Waals surface area contributed by atoms with Crippen molar-refractivity contribution < 1.29 is 14.6 Å². The molecular formula is C19H31NO3. The van der Waals surface area contributed by atoms with Crippen molar-refractivity contribution in [1.82, 2.24) is 4.90 Å². The van der Waals surface area contributed by atoms with E-state index in [-0.39, 0.29) is 17.6 Å². The van der Waals surface area contributed by atoms with Gasteiger partial charge in [0.25, 0.3) is 0 Å². The third-order valence-electron chi connectivity index (χ3n) is 4.13. The average molecular weight is 321 g/mol. The number of aliphatic hydroxyl groups excluding tert-OH is 1. The molecule has 1 N–H and O–H groups in total. The summed E-state index contributed by atoms with van der Waals surface area (Å²) in [6, 6.07) is 8.14. The fraction of sp³-hybridized carbons (Fsp3) is 0.684. The Morgan fingerprint density at radius 1 is 1.17 bits per heavy atom. The van der Waals surface area contributed by atoms with Gasteiger partial charge in [0.1, 0.15) is 18.5 Å². The molecule has 0 aliphatic carbocycles. The van der Waals surface area contributed by atoms with Gasteiger partial charge in [-0.15, -0.1) is 0 Å². The van der Waals surface area contributed by atoms with Crippen LogP contribution in [0.25, 0.3) is 0 Å². The first-order chi connectivity index (χ1) is 10.7. The summed E-state index contributed by atoms with van der Waals surface area (Å²) in [5.74, 6) is 0.806. The second-order valence-electron chi connectivity index (χ2n) is 7.72. The van der Waals surface area contributed by atoms with Crippen LogP contribution >= 0.6 is 0 Å². The average Bonchev–Trinajstić information content (AvgIpc) is 2.43. The van der Waals surface area contributed by atoms with E-state index in [1.54, 1.807) is 0 Å². The van der Waals surface area contributed by atoms with Gasteiger partial charge in [0.15, 0.2) is 0 Å². The molecule has 0 spiro atoms. The molecule has 4 heteroatoms. The van der Waals surface area contributed by atoms with Gasteiger partial charge in [0.05, 0.1) is 12.2 Å². The van der Waals surface area contributed by atoms with Crippen LogP contribution in [-0.4, -0.2) is 54.6 Å². The van der Waals surface area contributed by atoms with Crippen LogP contribution in [0.5, 0.6) is 5.75 Å². The zero-order chi connectivity index (χ0) is 17.0. The summed E-state index contributed by atoms with van der Waals surface area (Å²) >= 11 is 0. The van der Waals surface area contributed by atoms with Crippen LogP contribution < -0.4 is 4.74 Å². The predicted octanol–water partition coefficient (Wildman–Crippen LogP) is 2.83. The van der Waals surface area contributed by atoms with E-state index in [4.69, 9.17) is 9.47 Å². The molecule has 0 bridgehead atoms. The number of benzene rings is 1. The molecule has 0 amide bonds. The Morgan fingerprint density at radius 2 is 1.74 bits per heavy atom. The number of β-amino-alcohol motifs (C(OH)–C–C–N with tert-alkyl or cyclic N) is 1. The summed E-state index contributed by atoms with van der Waals surface area (Å²) in [6.45, 7) is 13.4. The van der Waals surface area contributed by atoms with Crippen molar-refractivity contribution in [1.29, 1.82) is 0 Å². The van der Waals surface area contributed by atoms with Crippen LogP contribution in [0.3, 0.4) is 0 Å². The Labute approximate surface area is 140 Å². The van der Waals surface area contributed by atoms with Crippen LogP contribution in [-0.2, 0) is 10.2 Å². The molecule has 3 atom stereocenters. The molecule has 23 heavy (non-hydrogen) atoms. The molecule has 0 radical (unpaired) electrons. The second-order valence-corrected chi connectivity index (χ2v) is 7.72. The first-order valence-corrected chi connectivity index (χ1v) is 8.53. The Morgan fingerprint density at radius 3 is 2.26 bits per heavy atom. The summed E-state index contributed by atoms with van der Waals surface area (Å²) in [4.78, 5) is 2.25. The lowest BCUT2D eigenvalue weighted by atomic mass is 9.87. The lowest BCUT2D eigenvalue weighted by Crippen LogP contribution is -2.48. The minimum Gasteiger partial charge on any atom is -0.491 e. The first kappa shape index (κ1) is 18.2. The highest BCUT2D eigenvalue weighted by Crippen LogP contribution is 2.24. The maximum atomic E-state index is 10.2. The maximum Gasteiger partial charge on any atom is 0.119 e. The molecule has 130 valence electrons. The maximum absolute atomic E-state index is 10.2. The van der Waals surface area contributed by atoms with Gasteiger partial charge in [-0.2, -0.15) is 0 Å². The minimum absolute atomic E-state index is 0.141. The number of morpholine rings is 1.